The summed E-state index contributed by atoms with van der Waals surface area (Å²) in [4.78, 5) is 16.8. The zero-order valence-corrected chi connectivity index (χ0v) is 15.8. The summed E-state index contributed by atoms with van der Waals surface area (Å²) in [7, 11) is -1.05. The van der Waals surface area contributed by atoms with Crippen LogP contribution in [0.3, 0.4) is 0 Å². The molecule has 2 aromatic carbocycles. The Bertz CT molecular complexity index is 1030. The van der Waals surface area contributed by atoms with Gasteiger partial charge in [-0.15, -0.1) is 0 Å². The van der Waals surface area contributed by atoms with Crippen LogP contribution in [-0.4, -0.2) is 32.8 Å². The fraction of sp³-hybridized carbons (Fsp3) is 0.0556. The van der Waals surface area contributed by atoms with Crippen molar-refractivity contribution in [2.24, 2.45) is 10.7 Å². The maximum atomic E-state index is 11.9. The summed E-state index contributed by atoms with van der Waals surface area (Å²) in [6.45, 7) is 0. The lowest BCUT2D eigenvalue weighted by molar-refractivity contribution is 0.100. The van der Waals surface area contributed by atoms with Crippen LogP contribution >= 0.6 is 11.6 Å². The number of aliphatic imine (C=N–C) groups is 1. The third kappa shape index (κ3) is 4.60. The van der Waals surface area contributed by atoms with E-state index in [1.807, 2.05) is 0 Å². The van der Waals surface area contributed by atoms with E-state index in [1.54, 1.807) is 61.0 Å². The lowest BCUT2D eigenvalue weighted by Gasteiger charge is -2.05. The van der Waals surface area contributed by atoms with Crippen LogP contribution in [0.25, 0.3) is 0 Å². The molecular formula is C18H16ClN5O2S. The third-order valence-electron chi connectivity index (χ3n) is 3.64. The van der Waals surface area contributed by atoms with Gasteiger partial charge in [0.15, 0.2) is 5.82 Å². The molecule has 1 amide bonds. The normalized spacial score (nSPS) is 12.2. The van der Waals surface area contributed by atoms with Crippen molar-refractivity contribution in [2.75, 3.05) is 11.6 Å². The number of rotatable bonds is 6. The van der Waals surface area contributed by atoms with Gasteiger partial charge in [0, 0.05) is 38.9 Å². The second kappa shape index (κ2) is 8.15. The lowest BCUT2D eigenvalue weighted by Crippen LogP contribution is -2.12. The van der Waals surface area contributed by atoms with E-state index in [-0.39, 0.29) is 11.4 Å². The van der Waals surface area contributed by atoms with E-state index in [1.165, 1.54) is 0 Å². The minimum absolute atomic E-state index is 0.137. The fourth-order valence-corrected chi connectivity index (χ4v) is 3.05. The van der Waals surface area contributed by atoms with E-state index in [4.69, 9.17) is 17.3 Å². The van der Waals surface area contributed by atoms with Gasteiger partial charge in [0.1, 0.15) is 11.4 Å². The monoisotopic (exact) mass is 401 g/mol. The van der Waals surface area contributed by atoms with Crippen molar-refractivity contribution < 1.29 is 9.00 Å². The number of nitrogens with one attached hydrogen (secondary N) is 2. The molecule has 138 valence electrons. The maximum Gasteiger partial charge on any atom is 0.256 e. The Morgan fingerprint density at radius 3 is 2.67 bits per heavy atom. The van der Waals surface area contributed by atoms with Gasteiger partial charge in [0.25, 0.3) is 5.91 Å². The molecule has 1 aromatic heterocycles. The van der Waals surface area contributed by atoms with E-state index >= 15 is 0 Å². The Hall–Kier alpha value is -2.97. The largest absolute Gasteiger partial charge is 0.365 e. The first kappa shape index (κ1) is 18.8. The van der Waals surface area contributed by atoms with Crippen LogP contribution in [0, 0.1) is 0 Å². The summed E-state index contributed by atoms with van der Waals surface area (Å²) in [6, 6.07) is 14.1. The Morgan fingerprint density at radius 1 is 1.30 bits per heavy atom. The Labute approximate surface area is 163 Å². The number of carbonyl (C=O) groups is 1. The number of amides is 1. The molecule has 27 heavy (non-hydrogen) atoms. The minimum atomic E-state index is -1.05. The van der Waals surface area contributed by atoms with Crippen molar-refractivity contribution in [3.8, 4) is 0 Å². The molecule has 0 spiro atoms. The number of anilines is 2. The number of carbonyl (C=O) groups excluding carboxylic acids is 1. The smallest absolute Gasteiger partial charge is 0.256 e. The number of hydrogen-bond acceptors (Lipinski definition) is 5. The number of benzene rings is 2. The molecule has 0 saturated carbocycles. The van der Waals surface area contributed by atoms with Gasteiger partial charge in [-0.1, -0.05) is 29.8 Å². The predicted molar refractivity (Wildman–Crippen MR) is 108 cm³/mol. The lowest BCUT2D eigenvalue weighted by atomic mass is 10.2. The average molecular weight is 402 g/mol. The molecule has 0 radical (unpaired) electrons. The molecular weight excluding hydrogens is 386 g/mol. The first-order chi connectivity index (χ1) is 12.9. The zero-order chi connectivity index (χ0) is 19.4. The highest BCUT2D eigenvalue weighted by Gasteiger charge is 2.18. The standard InChI is InChI=1S/C18H16ClN5O2S/c1-27(26)14-7-5-11(6-8-14)10-21-17-15(16(20)25)18(24-23-17)22-13-4-2-3-12(19)9-13/h2-10H,1H3,(H2,20,25)(H2,22,23,24). The molecule has 3 rings (SSSR count). The van der Waals surface area contributed by atoms with E-state index in [9.17, 15) is 9.00 Å². The van der Waals surface area contributed by atoms with Gasteiger partial charge in [-0.2, -0.15) is 5.10 Å². The van der Waals surface area contributed by atoms with Crippen molar-refractivity contribution in [3.05, 3.63) is 64.7 Å². The van der Waals surface area contributed by atoms with Gasteiger partial charge in [-0.05, 0) is 35.9 Å². The molecule has 0 bridgehead atoms. The highest BCUT2D eigenvalue weighted by Crippen LogP contribution is 2.27. The van der Waals surface area contributed by atoms with Crippen LogP contribution in [0.15, 0.2) is 58.4 Å². The van der Waals surface area contributed by atoms with Gasteiger partial charge in [0.2, 0.25) is 0 Å². The molecule has 0 saturated heterocycles. The van der Waals surface area contributed by atoms with Gasteiger partial charge in [0.05, 0.1) is 0 Å². The Kier molecular flexibility index (Phi) is 5.68. The van der Waals surface area contributed by atoms with Crippen molar-refractivity contribution in [2.45, 2.75) is 4.90 Å². The molecule has 1 atom stereocenters. The molecule has 0 aliphatic rings. The van der Waals surface area contributed by atoms with Gasteiger partial charge >= 0.3 is 0 Å². The highest BCUT2D eigenvalue weighted by molar-refractivity contribution is 7.84. The first-order valence-electron chi connectivity index (χ1n) is 7.82. The third-order valence-corrected chi connectivity index (χ3v) is 4.81. The summed E-state index contributed by atoms with van der Waals surface area (Å²) in [5.74, 6) is -0.180. The van der Waals surface area contributed by atoms with Crippen LogP contribution < -0.4 is 11.1 Å². The van der Waals surface area contributed by atoms with Crippen molar-refractivity contribution in [3.63, 3.8) is 0 Å². The number of primary amides is 1. The Balaban J connectivity index is 1.86. The number of halogens is 1. The van der Waals surface area contributed by atoms with E-state index in [2.05, 4.69) is 20.5 Å². The number of nitrogens with zero attached hydrogens (tertiary/aromatic N) is 2. The van der Waals surface area contributed by atoms with Gasteiger partial charge in [-0.3, -0.25) is 14.1 Å². The topological polar surface area (TPSA) is 113 Å². The molecule has 9 heteroatoms. The quantitative estimate of drug-likeness (QED) is 0.549. The van der Waals surface area contributed by atoms with Crippen LogP contribution in [0.1, 0.15) is 15.9 Å². The molecule has 0 aliphatic carbocycles. The van der Waals surface area contributed by atoms with Crippen LogP contribution in [0.5, 0.6) is 0 Å². The van der Waals surface area contributed by atoms with Crippen molar-refractivity contribution >= 4 is 51.8 Å². The predicted octanol–water partition coefficient (Wildman–Crippen LogP) is 3.39. The second-order valence-electron chi connectivity index (χ2n) is 5.58. The number of aromatic nitrogens is 2. The van der Waals surface area contributed by atoms with E-state index < -0.39 is 16.7 Å². The SMILES string of the molecule is CS(=O)c1ccc(C=Nc2n[nH]c(Nc3cccc(Cl)c3)c2C(N)=O)cc1. The fourth-order valence-electron chi connectivity index (χ4n) is 2.34. The molecule has 0 fully saturated rings. The van der Waals surface area contributed by atoms with Crippen LogP contribution in [-0.2, 0) is 10.8 Å². The minimum Gasteiger partial charge on any atom is -0.365 e. The molecule has 4 N–H and O–H groups in total. The van der Waals surface area contributed by atoms with Crippen LogP contribution in [0.4, 0.5) is 17.3 Å². The molecule has 7 nitrogen and oxygen atoms in total. The number of H-pyrrole nitrogens is 1. The molecule has 0 aliphatic heterocycles. The average Bonchev–Trinajstić information content (AvgIpc) is 3.03. The van der Waals surface area contributed by atoms with Crippen molar-refractivity contribution in [1.29, 1.82) is 0 Å². The summed E-state index contributed by atoms with van der Waals surface area (Å²) >= 11 is 5.97. The number of nitrogens with two attached hydrogens (primary N) is 1. The zero-order valence-electron chi connectivity index (χ0n) is 14.3. The van der Waals surface area contributed by atoms with Crippen molar-refractivity contribution in [1.82, 2.24) is 10.2 Å². The summed E-state index contributed by atoms with van der Waals surface area (Å²) in [5.41, 5.74) is 7.07. The number of hydrogen-bond donors (Lipinski definition) is 3. The number of aromatic amines is 1. The first-order valence-corrected chi connectivity index (χ1v) is 9.76. The second-order valence-corrected chi connectivity index (χ2v) is 7.39. The summed E-state index contributed by atoms with van der Waals surface area (Å²) in [6.07, 6.45) is 3.16. The van der Waals surface area contributed by atoms with E-state index in [0.29, 0.717) is 16.5 Å². The van der Waals surface area contributed by atoms with E-state index in [0.717, 1.165) is 10.5 Å². The molecule has 1 heterocycles. The molecule has 3 aromatic rings. The van der Waals surface area contributed by atoms with Gasteiger partial charge in [-0.25, -0.2) is 4.99 Å². The van der Waals surface area contributed by atoms with Gasteiger partial charge < -0.3 is 11.1 Å². The maximum absolute atomic E-state index is 11.9. The summed E-state index contributed by atoms with van der Waals surface area (Å²) < 4.78 is 11.4. The molecule has 1 unspecified atom stereocenters. The summed E-state index contributed by atoms with van der Waals surface area (Å²) in [5, 5.41) is 10.3. The Morgan fingerprint density at radius 2 is 2.04 bits per heavy atom. The highest BCUT2D eigenvalue weighted by atomic mass is 35.5. The van der Waals surface area contributed by atoms with Crippen LogP contribution in [0.2, 0.25) is 5.02 Å².